The molecule has 0 atom stereocenters. The van der Waals surface area contributed by atoms with E-state index in [1.165, 1.54) is 37.9 Å². The maximum absolute atomic E-state index is 10.4. The average molecular weight is 412 g/mol. The second-order valence-corrected chi connectivity index (χ2v) is 8.28. The number of thioether (sulfide) groups is 1. The largest absolute Gasteiger partial charge is 0.493 e. The predicted molar refractivity (Wildman–Crippen MR) is 114 cm³/mol. The summed E-state index contributed by atoms with van der Waals surface area (Å²) in [6.45, 7) is 3.55. The van der Waals surface area contributed by atoms with E-state index in [0.29, 0.717) is 0 Å². The third-order valence-electron chi connectivity index (χ3n) is 5.02. The van der Waals surface area contributed by atoms with Crippen LogP contribution in [0, 0.1) is 11.8 Å². The lowest BCUT2D eigenvalue weighted by atomic mass is 9.98. The van der Waals surface area contributed by atoms with Gasteiger partial charge in [0.1, 0.15) is 12.2 Å². The molecule has 0 saturated carbocycles. The van der Waals surface area contributed by atoms with E-state index < -0.39 is 5.60 Å². The van der Waals surface area contributed by atoms with Crippen molar-refractivity contribution in [3.05, 3.63) is 23.8 Å². The molecule has 27 heavy (non-hydrogen) atoms. The summed E-state index contributed by atoms with van der Waals surface area (Å²) in [5, 5.41) is 10.4. The maximum Gasteiger partial charge on any atom is 0.162 e. The van der Waals surface area contributed by atoms with Gasteiger partial charge in [-0.2, -0.15) is 11.8 Å². The highest BCUT2D eigenvalue weighted by atomic mass is 35.5. The van der Waals surface area contributed by atoms with Gasteiger partial charge in [0.15, 0.2) is 11.5 Å². The van der Waals surface area contributed by atoms with E-state index in [9.17, 15) is 5.11 Å². The van der Waals surface area contributed by atoms with Crippen LogP contribution < -0.4 is 9.47 Å². The summed E-state index contributed by atoms with van der Waals surface area (Å²) in [5.74, 6) is 9.39. The van der Waals surface area contributed by atoms with Gasteiger partial charge in [0.05, 0.1) is 7.11 Å². The molecular formula is C21H30ClNO3S. The summed E-state index contributed by atoms with van der Waals surface area (Å²) in [6.07, 6.45) is 5.39. The Kier molecular flexibility index (Phi) is 9.11. The summed E-state index contributed by atoms with van der Waals surface area (Å²) in [7, 11) is 1.65. The molecule has 2 aliphatic rings. The molecule has 0 radical (unpaired) electrons. The van der Waals surface area contributed by atoms with Crippen LogP contribution in [-0.2, 0) is 6.54 Å². The molecule has 1 aromatic rings. The number of benzene rings is 1. The number of aliphatic hydroxyl groups is 1. The van der Waals surface area contributed by atoms with Gasteiger partial charge in [-0.15, -0.1) is 12.4 Å². The smallest absolute Gasteiger partial charge is 0.162 e. The van der Waals surface area contributed by atoms with Crippen LogP contribution in [0.4, 0.5) is 0 Å². The number of hydrogen-bond donors (Lipinski definition) is 1. The molecule has 0 aliphatic carbocycles. The number of piperidine rings is 1. The lowest BCUT2D eigenvalue weighted by Crippen LogP contribution is -2.31. The zero-order chi connectivity index (χ0) is 18.2. The zero-order valence-electron chi connectivity index (χ0n) is 16.0. The quantitative estimate of drug-likeness (QED) is 0.747. The lowest BCUT2D eigenvalue weighted by molar-refractivity contribution is 0.0925. The molecule has 0 amide bonds. The van der Waals surface area contributed by atoms with E-state index in [1.807, 2.05) is 17.8 Å². The number of likely N-dealkylation sites (tertiary alicyclic amines) is 1. The second-order valence-electron chi connectivity index (χ2n) is 7.06. The first-order valence-corrected chi connectivity index (χ1v) is 10.7. The second kappa shape index (κ2) is 11.1. The van der Waals surface area contributed by atoms with Crippen LogP contribution in [0.25, 0.3) is 0 Å². The van der Waals surface area contributed by atoms with Crippen LogP contribution in [-0.4, -0.2) is 53.9 Å². The van der Waals surface area contributed by atoms with Crippen LogP contribution >= 0.6 is 24.2 Å². The Morgan fingerprint density at radius 2 is 1.89 bits per heavy atom. The Balaban J connectivity index is 0.00000261. The fraction of sp³-hybridized carbons (Fsp3) is 0.619. The van der Waals surface area contributed by atoms with Gasteiger partial charge in [-0.05, 0) is 68.0 Å². The van der Waals surface area contributed by atoms with Gasteiger partial charge in [0.2, 0.25) is 0 Å². The monoisotopic (exact) mass is 411 g/mol. The molecule has 150 valence electrons. The Hall–Kier alpha value is -1.06. The molecular weight excluding hydrogens is 382 g/mol. The molecule has 0 unspecified atom stereocenters. The van der Waals surface area contributed by atoms with Gasteiger partial charge in [-0.1, -0.05) is 24.3 Å². The van der Waals surface area contributed by atoms with E-state index in [0.717, 1.165) is 42.4 Å². The van der Waals surface area contributed by atoms with Gasteiger partial charge in [0, 0.05) is 6.54 Å². The fourth-order valence-corrected chi connectivity index (χ4v) is 4.62. The maximum atomic E-state index is 10.4. The molecule has 0 aromatic heterocycles. The molecule has 6 heteroatoms. The van der Waals surface area contributed by atoms with Gasteiger partial charge in [-0.25, -0.2) is 0 Å². The van der Waals surface area contributed by atoms with E-state index in [-0.39, 0.29) is 19.0 Å². The van der Waals surface area contributed by atoms with Crippen molar-refractivity contribution in [2.24, 2.45) is 0 Å². The van der Waals surface area contributed by atoms with E-state index in [4.69, 9.17) is 9.47 Å². The van der Waals surface area contributed by atoms with Crippen molar-refractivity contribution in [1.29, 1.82) is 0 Å². The minimum Gasteiger partial charge on any atom is -0.493 e. The molecule has 0 bridgehead atoms. The minimum atomic E-state index is -0.838. The fourth-order valence-electron chi connectivity index (χ4n) is 3.46. The van der Waals surface area contributed by atoms with E-state index in [2.05, 4.69) is 28.9 Å². The molecule has 1 aromatic carbocycles. The van der Waals surface area contributed by atoms with Crippen LogP contribution in [0.3, 0.4) is 0 Å². The first-order chi connectivity index (χ1) is 12.7. The van der Waals surface area contributed by atoms with Gasteiger partial charge in [-0.3, -0.25) is 4.90 Å². The molecule has 1 N–H and O–H groups in total. The highest BCUT2D eigenvalue weighted by molar-refractivity contribution is 7.99. The van der Waals surface area contributed by atoms with E-state index >= 15 is 0 Å². The predicted octanol–water partition coefficient (Wildman–Crippen LogP) is 3.74. The van der Waals surface area contributed by atoms with Crippen molar-refractivity contribution < 1.29 is 14.6 Å². The summed E-state index contributed by atoms with van der Waals surface area (Å²) in [5.41, 5.74) is 0.396. The van der Waals surface area contributed by atoms with Crippen molar-refractivity contribution in [2.45, 2.75) is 44.2 Å². The van der Waals surface area contributed by atoms with Crippen molar-refractivity contribution in [2.75, 3.05) is 38.3 Å². The highest BCUT2D eigenvalue weighted by Crippen LogP contribution is 2.29. The zero-order valence-corrected chi connectivity index (χ0v) is 17.7. The van der Waals surface area contributed by atoms with Crippen LogP contribution in [0.2, 0.25) is 0 Å². The topological polar surface area (TPSA) is 41.9 Å². The number of rotatable bonds is 5. The molecule has 2 saturated heterocycles. The summed E-state index contributed by atoms with van der Waals surface area (Å²) in [6, 6.07) is 6.13. The molecule has 0 spiro atoms. The Bertz CT molecular complexity index is 647. The van der Waals surface area contributed by atoms with Crippen molar-refractivity contribution >= 4 is 24.2 Å². The third-order valence-corrected chi connectivity index (χ3v) is 6.01. The number of methoxy groups -OCH3 is 1. The van der Waals surface area contributed by atoms with Gasteiger partial charge in [0.25, 0.3) is 0 Å². The average Bonchev–Trinajstić information content (AvgIpc) is 2.67. The molecule has 4 nitrogen and oxygen atoms in total. The summed E-state index contributed by atoms with van der Waals surface area (Å²) >= 11 is 1.87. The van der Waals surface area contributed by atoms with Gasteiger partial charge >= 0.3 is 0 Å². The Morgan fingerprint density at radius 3 is 2.59 bits per heavy atom. The summed E-state index contributed by atoms with van der Waals surface area (Å²) in [4.78, 5) is 2.49. The van der Waals surface area contributed by atoms with Crippen LogP contribution in [0.15, 0.2) is 18.2 Å². The summed E-state index contributed by atoms with van der Waals surface area (Å²) < 4.78 is 11.3. The minimum absolute atomic E-state index is 0. The third kappa shape index (κ3) is 6.80. The SMILES string of the molecule is COc1ccc(CN2CCCCC2)cc1OCC#CC1(O)CCSCC1.Cl. The standard InChI is InChI=1S/C21H29NO3S.ClH/c1-24-19-7-6-18(17-22-11-3-2-4-12-22)16-20(19)25-13-5-8-21(23)9-14-26-15-10-21;/h6-7,16,23H,2-4,9-15,17H2,1H3;1H. The molecule has 2 heterocycles. The van der Waals surface area contributed by atoms with Gasteiger partial charge < -0.3 is 14.6 Å². The normalized spacial score (nSPS) is 19.3. The Labute approximate surface area is 173 Å². The van der Waals surface area contributed by atoms with Crippen LogP contribution in [0.1, 0.15) is 37.7 Å². The lowest BCUT2D eigenvalue weighted by Gasteiger charge is -2.26. The van der Waals surface area contributed by atoms with Crippen molar-refractivity contribution in [1.82, 2.24) is 4.90 Å². The van der Waals surface area contributed by atoms with E-state index in [1.54, 1.807) is 7.11 Å². The first kappa shape index (κ1) is 22.2. The number of halogens is 1. The van der Waals surface area contributed by atoms with Crippen molar-refractivity contribution in [3.63, 3.8) is 0 Å². The highest BCUT2D eigenvalue weighted by Gasteiger charge is 2.26. The number of hydrogen-bond acceptors (Lipinski definition) is 5. The van der Waals surface area contributed by atoms with Crippen LogP contribution in [0.5, 0.6) is 11.5 Å². The number of nitrogens with zero attached hydrogens (tertiary/aromatic N) is 1. The Morgan fingerprint density at radius 1 is 1.15 bits per heavy atom. The molecule has 2 fully saturated rings. The molecule has 3 rings (SSSR count). The molecule has 2 aliphatic heterocycles. The number of ether oxygens (including phenoxy) is 2. The first-order valence-electron chi connectivity index (χ1n) is 9.51. The van der Waals surface area contributed by atoms with Crippen molar-refractivity contribution in [3.8, 4) is 23.3 Å².